The van der Waals surface area contributed by atoms with Gasteiger partial charge in [-0.25, -0.2) is 4.79 Å². The van der Waals surface area contributed by atoms with Gasteiger partial charge in [0, 0.05) is 34.7 Å². The Balaban J connectivity index is 1.21. The highest BCUT2D eigenvalue weighted by molar-refractivity contribution is 8.00. The van der Waals surface area contributed by atoms with Crippen LogP contribution in [0.4, 0.5) is 10.5 Å². The molecular formula is C19H22N4O2S. The molecule has 0 radical (unpaired) electrons. The molecule has 0 spiro atoms. The Morgan fingerprint density at radius 3 is 3.12 bits per heavy atom. The van der Waals surface area contributed by atoms with E-state index in [1.807, 2.05) is 42.1 Å². The maximum Gasteiger partial charge on any atom is 0.315 e. The van der Waals surface area contributed by atoms with Crippen LogP contribution in [0.2, 0.25) is 0 Å². The van der Waals surface area contributed by atoms with E-state index >= 15 is 0 Å². The first-order valence-electron chi connectivity index (χ1n) is 9.02. The Kier molecular flexibility index (Phi) is 4.97. The van der Waals surface area contributed by atoms with Crippen LogP contribution in [0, 0.1) is 0 Å². The predicted octanol–water partition coefficient (Wildman–Crippen LogP) is 2.90. The number of anilines is 1. The molecule has 2 aromatic rings. The SMILES string of the molecule is O=C(CCCC[C@@H]1SC[C@@H]2NC(=O)N[C@@H]21)Nc1ccc2ncccc2c1. The van der Waals surface area contributed by atoms with Crippen molar-refractivity contribution >= 4 is 40.3 Å². The number of hydrogen-bond donors (Lipinski definition) is 3. The van der Waals surface area contributed by atoms with E-state index in [0.29, 0.717) is 11.7 Å². The van der Waals surface area contributed by atoms with Crippen molar-refractivity contribution in [3.8, 4) is 0 Å². The fraction of sp³-hybridized carbons (Fsp3) is 0.421. The Morgan fingerprint density at radius 2 is 2.19 bits per heavy atom. The highest BCUT2D eigenvalue weighted by Crippen LogP contribution is 2.33. The molecule has 2 aliphatic heterocycles. The molecular weight excluding hydrogens is 348 g/mol. The van der Waals surface area contributed by atoms with Gasteiger partial charge in [-0.3, -0.25) is 9.78 Å². The highest BCUT2D eigenvalue weighted by atomic mass is 32.2. The van der Waals surface area contributed by atoms with Gasteiger partial charge in [-0.2, -0.15) is 11.8 Å². The van der Waals surface area contributed by atoms with E-state index in [0.717, 1.165) is 41.6 Å². The number of carbonyl (C=O) groups is 2. The molecule has 1 aromatic carbocycles. The zero-order valence-corrected chi connectivity index (χ0v) is 15.2. The molecule has 2 aliphatic rings. The minimum Gasteiger partial charge on any atom is -0.332 e. The summed E-state index contributed by atoms with van der Waals surface area (Å²) in [7, 11) is 0. The number of nitrogens with one attached hydrogen (secondary N) is 3. The number of amides is 3. The lowest BCUT2D eigenvalue weighted by molar-refractivity contribution is -0.116. The molecule has 6 nitrogen and oxygen atoms in total. The van der Waals surface area contributed by atoms with Crippen LogP contribution in [0.25, 0.3) is 10.9 Å². The van der Waals surface area contributed by atoms with E-state index in [9.17, 15) is 9.59 Å². The van der Waals surface area contributed by atoms with Crippen LogP contribution in [0.5, 0.6) is 0 Å². The molecule has 26 heavy (non-hydrogen) atoms. The van der Waals surface area contributed by atoms with Crippen molar-refractivity contribution in [3.05, 3.63) is 36.5 Å². The highest BCUT2D eigenvalue weighted by Gasteiger charge is 2.42. The van der Waals surface area contributed by atoms with Crippen molar-refractivity contribution in [2.45, 2.75) is 43.0 Å². The van der Waals surface area contributed by atoms with Crippen molar-refractivity contribution < 1.29 is 9.59 Å². The normalized spacial score (nSPS) is 24.2. The number of carbonyl (C=O) groups excluding carboxylic acids is 2. The van der Waals surface area contributed by atoms with Gasteiger partial charge in [0.1, 0.15) is 0 Å². The molecule has 2 saturated heterocycles. The van der Waals surface area contributed by atoms with E-state index in [-0.39, 0.29) is 24.0 Å². The smallest absolute Gasteiger partial charge is 0.315 e. The van der Waals surface area contributed by atoms with Crippen molar-refractivity contribution in [1.82, 2.24) is 15.6 Å². The number of rotatable bonds is 6. The van der Waals surface area contributed by atoms with Crippen LogP contribution in [0.1, 0.15) is 25.7 Å². The molecule has 3 heterocycles. The van der Waals surface area contributed by atoms with Gasteiger partial charge in [-0.05, 0) is 37.1 Å². The molecule has 136 valence electrons. The minimum absolute atomic E-state index is 0.0426. The summed E-state index contributed by atoms with van der Waals surface area (Å²) in [5.41, 5.74) is 1.73. The number of benzene rings is 1. The summed E-state index contributed by atoms with van der Waals surface area (Å²) in [6.07, 6.45) is 5.16. The summed E-state index contributed by atoms with van der Waals surface area (Å²) in [5, 5.41) is 10.4. The molecule has 0 saturated carbocycles. The second kappa shape index (κ2) is 7.53. The lowest BCUT2D eigenvalue weighted by Gasteiger charge is -2.16. The molecule has 1 aromatic heterocycles. The number of fused-ring (bicyclic) bond motifs is 2. The van der Waals surface area contributed by atoms with Crippen molar-refractivity contribution in [3.63, 3.8) is 0 Å². The number of hydrogen-bond acceptors (Lipinski definition) is 4. The van der Waals surface area contributed by atoms with Crippen molar-refractivity contribution in [2.24, 2.45) is 0 Å². The molecule has 4 rings (SSSR count). The van der Waals surface area contributed by atoms with Gasteiger partial charge in [-0.15, -0.1) is 0 Å². The third kappa shape index (κ3) is 3.77. The average molecular weight is 370 g/mol. The minimum atomic E-state index is -0.0461. The van der Waals surface area contributed by atoms with Crippen LogP contribution in [-0.2, 0) is 4.79 Å². The Hall–Kier alpha value is -2.28. The van der Waals surface area contributed by atoms with Crippen LogP contribution in [0.3, 0.4) is 0 Å². The first-order valence-corrected chi connectivity index (χ1v) is 10.1. The molecule has 2 fully saturated rings. The third-order valence-corrected chi connectivity index (χ3v) is 6.48. The monoisotopic (exact) mass is 370 g/mol. The molecule has 3 N–H and O–H groups in total. The zero-order valence-electron chi connectivity index (χ0n) is 14.4. The first-order chi connectivity index (χ1) is 12.7. The number of aromatic nitrogens is 1. The largest absolute Gasteiger partial charge is 0.332 e. The summed E-state index contributed by atoms with van der Waals surface area (Å²) >= 11 is 1.92. The third-order valence-electron chi connectivity index (χ3n) is 4.97. The molecule has 0 aliphatic carbocycles. The summed E-state index contributed by atoms with van der Waals surface area (Å²) in [5.74, 6) is 1.02. The van der Waals surface area contributed by atoms with Gasteiger partial charge in [0.2, 0.25) is 5.91 Å². The van der Waals surface area contributed by atoms with E-state index in [2.05, 4.69) is 20.9 Å². The summed E-state index contributed by atoms with van der Waals surface area (Å²) in [6, 6.07) is 10.1. The lowest BCUT2D eigenvalue weighted by Crippen LogP contribution is -2.36. The van der Waals surface area contributed by atoms with Crippen molar-refractivity contribution in [1.29, 1.82) is 0 Å². The maximum absolute atomic E-state index is 12.2. The summed E-state index contributed by atoms with van der Waals surface area (Å²) in [4.78, 5) is 27.8. The second-order valence-electron chi connectivity index (χ2n) is 6.83. The van der Waals surface area contributed by atoms with E-state index in [1.165, 1.54) is 0 Å². The van der Waals surface area contributed by atoms with Gasteiger partial charge in [0.25, 0.3) is 0 Å². The van der Waals surface area contributed by atoms with E-state index in [1.54, 1.807) is 6.20 Å². The van der Waals surface area contributed by atoms with E-state index < -0.39 is 0 Å². The van der Waals surface area contributed by atoms with Crippen LogP contribution in [0.15, 0.2) is 36.5 Å². The van der Waals surface area contributed by atoms with E-state index in [4.69, 9.17) is 0 Å². The topological polar surface area (TPSA) is 83.1 Å². The number of thioether (sulfide) groups is 1. The molecule has 7 heteroatoms. The molecule has 0 bridgehead atoms. The number of nitrogens with zero attached hydrogens (tertiary/aromatic N) is 1. The van der Waals surface area contributed by atoms with Gasteiger partial charge in [0.15, 0.2) is 0 Å². The van der Waals surface area contributed by atoms with Crippen LogP contribution in [-0.4, -0.2) is 40.0 Å². The number of pyridine rings is 1. The Labute approximate surface area is 156 Å². The summed E-state index contributed by atoms with van der Waals surface area (Å²) < 4.78 is 0. The lowest BCUT2D eigenvalue weighted by atomic mass is 10.0. The summed E-state index contributed by atoms with van der Waals surface area (Å²) in [6.45, 7) is 0. The number of unbranched alkanes of at least 4 members (excludes halogenated alkanes) is 1. The van der Waals surface area contributed by atoms with Crippen LogP contribution >= 0.6 is 11.8 Å². The molecule has 0 unspecified atom stereocenters. The average Bonchev–Trinajstić information content (AvgIpc) is 3.18. The first kappa shape index (κ1) is 17.1. The second-order valence-corrected chi connectivity index (χ2v) is 8.10. The fourth-order valence-corrected chi connectivity index (χ4v) is 5.19. The van der Waals surface area contributed by atoms with Crippen LogP contribution < -0.4 is 16.0 Å². The molecule has 3 atom stereocenters. The maximum atomic E-state index is 12.2. The Bertz CT molecular complexity index is 828. The molecule has 3 amide bonds. The van der Waals surface area contributed by atoms with Gasteiger partial charge >= 0.3 is 6.03 Å². The predicted molar refractivity (Wildman–Crippen MR) is 104 cm³/mol. The fourth-order valence-electron chi connectivity index (χ4n) is 3.65. The number of urea groups is 1. The van der Waals surface area contributed by atoms with Gasteiger partial charge in [-0.1, -0.05) is 12.5 Å². The standard InChI is InChI=1S/C19H22N4O2S/c24-17(21-13-7-8-14-12(10-13)4-3-9-20-14)6-2-1-5-16-18-15(11-26-16)22-19(25)23-18/h3-4,7-10,15-16,18H,1-2,5-6,11H2,(H,21,24)(H2,22,23,25)/t15-,16-,18-/m0/s1. The van der Waals surface area contributed by atoms with Crippen molar-refractivity contribution in [2.75, 3.05) is 11.1 Å². The quantitative estimate of drug-likeness (QED) is 0.539. The zero-order chi connectivity index (χ0) is 17.9. The van der Waals surface area contributed by atoms with Gasteiger partial charge < -0.3 is 16.0 Å². The van der Waals surface area contributed by atoms with Gasteiger partial charge in [0.05, 0.1) is 17.6 Å². The Morgan fingerprint density at radius 1 is 1.27 bits per heavy atom.